The Bertz CT molecular complexity index is 407. The van der Waals surface area contributed by atoms with Gasteiger partial charge in [0, 0.05) is 31.1 Å². The number of nitrogens with one attached hydrogen (secondary N) is 1. The van der Waals surface area contributed by atoms with Gasteiger partial charge in [0.1, 0.15) is 5.82 Å². The van der Waals surface area contributed by atoms with E-state index in [9.17, 15) is 4.79 Å². The van der Waals surface area contributed by atoms with Gasteiger partial charge in [-0.15, -0.1) is 0 Å². The molecular weight excluding hydrogens is 214 g/mol. The van der Waals surface area contributed by atoms with E-state index in [4.69, 9.17) is 0 Å². The molecule has 1 aromatic heterocycles. The van der Waals surface area contributed by atoms with Crippen LogP contribution in [0.5, 0.6) is 0 Å². The summed E-state index contributed by atoms with van der Waals surface area (Å²) < 4.78 is 0. The lowest BCUT2D eigenvalue weighted by atomic mass is 9.88. The Kier molecular flexibility index (Phi) is 3.50. The summed E-state index contributed by atoms with van der Waals surface area (Å²) in [5, 5.41) is 0. The maximum Gasteiger partial charge on any atom is 0.226 e. The predicted molar refractivity (Wildman–Crippen MR) is 66.8 cm³/mol. The Morgan fingerprint density at radius 2 is 2.18 bits per heavy atom. The Hall–Kier alpha value is -1.32. The van der Waals surface area contributed by atoms with Crippen LogP contribution in [0.3, 0.4) is 0 Å². The molecule has 4 nitrogen and oxygen atoms in total. The third-order valence-corrected chi connectivity index (χ3v) is 3.59. The molecule has 0 fully saturated rings. The molecule has 1 N–H and O–H groups in total. The van der Waals surface area contributed by atoms with Crippen LogP contribution in [0.15, 0.2) is 0 Å². The van der Waals surface area contributed by atoms with Crippen molar-refractivity contribution in [2.24, 2.45) is 5.92 Å². The third-order valence-electron chi connectivity index (χ3n) is 3.59. The van der Waals surface area contributed by atoms with Gasteiger partial charge in [-0.05, 0) is 33.6 Å². The second kappa shape index (κ2) is 4.90. The molecule has 94 valence electrons. The molecule has 0 bridgehead atoms. The van der Waals surface area contributed by atoms with Gasteiger partial charge in [0.2, 0.25) is 5.91 Å². The van der Waals surface area contributed by atoms with Crippen molar-refractivity contribution in [3.05, 3.63) is 17.2 Å². The molecule has 2 rings (SSSR count). The Labute approximate surface area is 102 Å². The normalized spacial score (nSPS) is 18.9. The van der Waals surface area contributed by atoms with Crippen LogP contribution in [0.1, 0.15) is 37.5 Å². The van der Waals surface area contributed by atoms with E-state index in [1.165, 1.54) is 5.69 Å². The molecule has 0 aliphatic heterocycles. The van der Waals surface area contributed by atoms with Gasteiger partial charge in [0.05, 0.1) is 5.69 Å². The van der Waals surface area contributed by atoms with E-state index >= 15 is 0 Å². The minimum absolute atomic E-state index is 0.141. The average molecular weight is 235 g/mol. The topological polar surface area (TPSA) is 49.0 Å². The minimum Gasteiger partial charge on any atom is -0.346 e. The monoisotopic (exact) mass is 235 g/mol. The summed E-state index contributed by atoms with van der Waals surface area (Å²) in [6.45, 7) is 7.66. The average Bonchev–Trinajstić information content (AvgIpc) is 2.69. The van der Waals surface area contributed by atoms with Gasteiger partial charge in [-0.25, -0.2) is 4.98 Å². The first-order valence-corrected chi connectivity index (χ1v) is 6.48. The smallest absolute Gasteiger partial charge is 0.226 e. The molecule has 0 saturated heterocycles. The zero-order valence-electron chi connectivity index (χ0n) is 10.9. The highest BCUT2D eigenvalue weighted by Crippen LogP contribution is 2.25. The van der Waals surface area contributed by atoms with Crippen molar-refractivity contribution in [3.8, 4) is 0 Å². The van der Waals surface area contributed by atoms with E-state index in [0.29, 0.717) is 5.91 Å². The number of rotatable bonds is 3. The number of aryl methyl sites for hydroxylation is 2. The lowest BCUT2D eigenvalue weighted by molar-refractivity contribution is -0.135. The first-order valence-electron chi connectivity index (χ1n) is 6.48. The number of aromatic amines is 1. The zero-order valence-corrected chi connectivity index (χ0v) is 10.9. The molecule has 0 radical (unpaired) electrons. The number of hydrogen-bond donors (Lipinski definition) is 1. The van der Waals surface area contributed by atoms with Gasteiger partial charge >= 0.3 is 0 Å². The fraction of sp³-hybridized carbons (Fsp3) is 0.692. The van der Waals surface area contributed by atoms with Crippen LogP contribution in [-0.2, 0) is 17.6 Å². The van der Waals surface area contributed by atoms with Crippen molar-refractivity contribution in [2.45, 2.75) is 40.0 Å². The van der Waals surface area contributed by atoms with Gasteiger partial charge in [-0.1, -0.05) is 0 Å². The predicted octanol–water partition coefficient (Wildman–Crippen LogP) is 1.69. The van der Waals surface area contributed by atoms with Crippen LogP contribution < -0.4 is 0 Å². The fourth-order valence-corrected chi connectivity index (χ4v) is 2.63. The number of amides is 1. The molecule has 0 aromatic carbocycles. The second-order valence-corrected chi connectivity index (χ2v) is 4.70. The quantitative estimate of drug-likeness (QED) is 0.866. The van der Waals surface area contributed by atoms with Crippen LogP contribution in [0.2, 0.25) is 0 Å². The SMILES string of the molecule is CCN(CC)C(=O)C1CCc2nc(C)[nH]c2C1. The molecule has 1 atom stereocenters. The molecule has 0 spiro atoms. The zero-order chi connectivity index (χ0) is 12.4. The van der Waals surface area contributed by atoms with Crippen LogP contribution in [-0.4, -0.2) is 33.9 Å². The molecule has 1 amide bonds. The first kappa shape index (κ1) is 12.1. The lowest BCUT2D eigenvalue weighted by Gasteiger charge is -2.27. The maximum absolute atomic E-state index is 12.3. The molecule has 0 saturated carbocycles. The van der Waals surface area contributed by atoms with E-state index in [1.54, 1.807) is 0 Å². The van der Waals surface area contributed by atoms with Gasteiger partial charge in [0.15, 0.2) is 0 Å². The molecule has 4 heteroatoms. The van der Waals surface area contributed by atoms with Crippen LogP contribution in [0.25, 0.3) is 0 Å². The highest BCUT2D eigenvalue weighted by molar-refractivity contribution is 5.79. The van der Waals surface area contributed by atoms with Gasteiger partial charge < -0.3 is 9.88 Å². The van der Waals surface area contributed by atoms with Crippen molar-refractivity contribution in [1.82, 2.24) is 14.9 Å². The number of carbonyl (C=O) groups excluding carboxylic acids is 1. The highest BCUT2D eigenvalue weighted by atomic mass is 16.2. The molecule has 1 aliphatic carbocycles. The second-order valence-electron chi connectivity index (χ2n) is 4.70. The van der Waals surface area contributed by atoms with E-state index < -0.39 is 0 Å². The minimum atomic E-state index is 0.141. The fourth-order valence-electron chi connectivity index (χ4n) is 2.63. The standard InChI is InChI=1S/C13H21N3O/c1-4-16(5-2)13(17)10-6-7-11-12(8-10)15-9(3)14-11/h10H,4-8H2,1-3H3,(H,14,15). The summed E-state index contributed by atoms with van der Waals surface area (Å²) in [4.78, 5) is 21.9. The van der Waals surface area contributed by atoms with E-state index in [2.05, 4.69) is 9.97 Å². The molecular formula is C13H21N3O. The molecule has 1 heterocycles. The number of aromatic nitrogens is 2. The Balaban J connectivity index is 2.09. The van der Waals surface area contributed by atoms with Crippen molar-refractivity contribution in [1.29, 1.82) is 0 Å². The van der Waals surface area contributed by atoms with Crippen molar-refractivity contribution in [2.75, 3.05) is 13.1 Å². The number of hydrogen-bond acceptors (Lipinski definition) is 2. The largest absolute Gasteiger partial charge is 0.346 e. The first-order chi connectivity index (χ1) is 8.15. The number of imidazole rings is 1. The summed E-state index contributed by atoms with van der Waals surface area (Å²) in [5.74, 6) is 1.40. The molecule has 1 aromatic rings. The lowest BCUT2D eigenvalue weighted by Crippen LogP contribution is -2.38. The molecule has 17 heavy (non-hydrogen) atoms. The van der Waals surface area contributed by atoms with Gasteiger partial charge in [-0.2, -0.15) is 0 Å². The van der Waals surface area contributed by atoms with Crippen molar-refractivity contribution >= 4 is 5.91 Å². The summed E-state index contributed by atoms with van der Waals surface area (Å²) in [7, 11) is 0. The highest BCUT2D eigenvalue weighted by Gasteiger charge is 2.28. The molecule has 1 unspecified atom stereocenters. The van der Waals surface area contributed by atoms with Crippen LogP contribution in [0, 0.1) is 12.8 Å². The van der Waals surface area contributed by atoms with Gasteiger partial charge in [0.25, 0.3) is 0 Å². The van der Waals surface area contributed by atoms with Gasteiger partial charge in [-0.3, -0.25) is 4.79 Å². The number of carbonyl (C=O) groups is 1. The number of H-pyrrole nitrogens is 1. The van der Waals surface area contributed by atoms with E-state index in [1.807, 2.05) is 25.7 Å². The van der Waals surface area contributed by atoms with Crippen molar-refractivity contribution < 1.29 is 4.79 Å². The van der Waals surface area contributed by atoms with E-state index in [0.717, 1.165) is 43.9 Å². The summed E-state index contributed by atoms with van der Waals surface area (Å²) in [5.41, 5.74) is 2.32. The summed E-state index contributed by atoms with van der Waals surface area (Å²) in [6, 6.07) is 0. The Morgan fingerprint density at radius 3 is 2.82 bits per heavy atom. The summed E-state index contributed by atoms with van der Waals surface area (Å²) in [6.07, 6.45) is 2.69. The summed E-state index contributed by atoms with van der Waals surface area (Å²) >= 11 is 0. The number of fused-ring (bicyclic) bond motifs is 1. The Morgan fingerprint density at radius 1 is 1.47 bits per heavy atom. The van der Waals surface area contributed by atoms with E-state index in [-0.39, 0.29) is 5.92 Å². The number of nitrogens with zero attached hydrogens (tertiary/aromatic N) is 2. The van der Waals surface area contributed by atoms with Crippen LogP contribution in [0.4, 0.5) is 0 Å². The third kappa shape index (κ3) is 2.35. The van der Waals surface area contributed by atoms with Crippen LogP contribution >= 0.6 is 0 Å². The molecule has 1 aliphatic rings. The maximum atomic E-state index is 12.3. The van der Waals surface area contributed by atoms with Crippen molar-refractivity contribution in [3.63, 3.8) is 0 Å².